The topological polar surface area (TPSA) is 108 Å². The van der Waals surface area contributed by atoms with Crippen molar-refractivity contribution in [1.29, 1.82) is 0 Å². The van der Waals surface area contributed by atoms with E-state index in [1.165, 1.54) is 12.0 Å². The first kappa shape index (κ1) is 28.9. The zero-order chi connectivity index (χ0) is 29.5. The minimum absolute atomic E-state index is 0.0538. The van der Waals surface area contributed by atoms with Crippen LogP contribution in [-0.2, 0) is 16.1 Å². The molecule has 1 aliphatic rings. The number of aromatic nitrogens is 3. The Morgan fingerprint density at radius 2 is 1.71 bits per heavy atom. The van der Waals surface area contributed by atoms with E-state index in [2.05, 4.69) is 15.6 Å². The fourth-order valence-corrected chi connectivity index (χ4v) is 5.51. The van der Waals surface area contributed by atoms with E-state index in [-0.39, 0.29) is 24.4 Å². The van der Waals surface area contributed by atoms with Crippen LogP contribution in [0, 0.1) is 0 Å². The van der Waals surface area contributed by atoms with Gasteiger partial charge in [0.25, 0.3) is 0 Å². The molecule has 2 amide bonds. The van der Waals surface area contributed by atoms with E-state index in [0.29, 0.717) is 40.6 Å². The molecule has 0 spiro atoms. The van der Waals surface area contributed by atoms with Crippen molar-refractivity contribution in [2.45, 2.75) is 57.7 Å². The molecule has 10 heteroatoms. The highest BCUT2D eigenvalue weighted by Gasteiger charge is 2.35. The molecule has 1 N–H and O–H groups in total. The molecule has 1 saturated carbocycles. The monoisotopic (exact) mass is 571 g/mol. The Kier molecular flexibility index (Phi) is 9.21. The molecule has 4 aromatic rings. The van der Waals surface area contributed by atoms with Crippen LogP contribution in [0.4, 0.5) is 5.69 Å². The van der Waals surface area contributed by atoms with Crippen molar-refractivity contribution in [3.05, 3.63) is 72.3 Å². The molecule has 0 saturated heterocycles. The van der Waals surface area contributed by atoms with E-state index in [0.717, 1.165) is 37.6 Å². The Bertz CT molecular complexity index is 1510. The van der Waals surface area contributed by atoms with Crippen LogP contribution in [0.3, 0.4) is 0 Å². The molecule has 1 aliphatic carbocycles. The second-order valence-corrected chi connectivity index (χ2v) is 10.3. The summed E-state index contributed by atoms with van der Waals surface area (Å²) in [6.45, 7) is 2.31. The standard InChI is InChI=1S/C32H37N5O5/c1-4-42-25-17-14-22(15-18-25)31(32(39)33-23-10-6-5-7-11-23)37(24-16-19-28(40-2)29(20-24)41-3)30(38)21-36-27-13-9-8-12-26(27)34-35-36/h8-9,12-20,23,31H,4-7,10-11,21H2,1-3H3,(H,33,39)/t31-/m1/s1. The number of nitrogens with one attached hydrogen (secondary N) is 1. The average Bonchev–Trinajstić information content (AvgIpc) is 3.43. The quantitative estimate of drug-likeness (QED) is 0.268. The molecule has 1 atom stereocenters. The summed E-state index contributed by atoms with van der Waals surface area (Å²) in [6, 6.07) is 19.1. The van der Waals surface area contributed by atoms with Gasteiger partial charge in [-0.25, -0.2) is 4.68 Å². The first-order valence-corrected chi connectivity index (χ1v) is 14.4. The van der Waals surface area contributed by atoms with Gasteiger partial charge in [-0.1, -0.05) is 48.7 Å². The van der Waals surface area contributed by atoms with E-state index in [9.17, 15) is 9.59 Å². The Balaban J connectivity index is 1.60. The van der Waals surface area contributed by atoms with Crippen molar-refractivity contribution in [3.8, 4) is 17.2 Å². The van der Waals surface area contributed by atoms with Crippen LogP contribution in [0.25, 0.3) is 11.0 Å². The molecule has 1 aromatic heterocycles. The minimum atomic E-state index is -0.969. The lowest BCUT2D eigenvalue weighted by Crippen LogP contribution is -2.48. The zero-order valence-corrected chi connectivity index (χ0v) is 24.3. The van der Waals surface area contributed by atoms with Crippen LogP contribution in [0.5, 0.6) is 17.2 Å². The Labute approximate surface area is 245 Å². The first-order valence-electron chi connectivity index (χ1n) is 14.4. The lowest BCUT2D eigenvalue weighted by molar-refractivity contribution is -0.127. The van der Waals surface area contributed by atoms with Gasteiger partial charge in [0.2, 0.25) is 11.8 Å². The number of rotatable bonds is 11. The fourth-order valence-electron chi connectivity index (χ4n) is 5.51. The van der Waals surface area contributed by atoms with Gasteiger partial charge in [0, 0.05) is 17.8 Å². The number of nitrogens with zero attached hydrogens (tertiary/aromatic N) is 4. The lowest BCUT2D eigenvalue weighted by Gasteiger charge is -2.34. The van der Waals surface area contributed by atoms with Crippen molar-refractivity contribution in [3.63, 3.8) is 0 Å². The van der Waals surface area contributed by atoms with Crippen molar-refractivity contribution >= 4 is 28.5 Å². The maximum Gasteiger partial charge on any atom is 0.249 e. The van der Waals surface area contributed by atoms with Crippen LogP contribution >= 0.6 is 0 Å². The van der Waals surface area contributed by atoms with Gasteiger partial charge in [-0.2, -0.15) is 0 Å². The predicted molar refractivity (Wildman–Crippen MR) is 160 cm³/mol. The van der Waals surface area contributed by atoms with Gasteiger partial charge in [-0.15, -0.1) is 5.10 Å². The Hall–Kier alpha value is -4.60. The maximum absolute atomic E-state index is 14.4. The molecule has 1 heterocycles. The number of carbonyl (C=O) groups excluding carboxylic acids is 2. The SMILES string of the molecule is CCOc1ccc([C@H](C(=O)NC2CCCCC2)N(C(=O)Cn2nnc3ccccc32)c2ccc(OC)c(OC)c2)cc1. The van der Waals surface area contributed by atoms with Gasteiger partial charge in [0.1, 0.15) is 23.9 Å². The highest BCUT2D eigenvalue weighted by atomic mass is 16.5. The molecule has 1 fully saturated rings. The largest absolute Gasteiger partial charge is 0.494 e. The molecule has 220 valence electrons. The van der Waals surface area contributed by atoms with Crippen molar-refractivity contribution in [2.75, 3.05) is 25.7 Å². The van der Waals surface area contributed by atoms with Crippen LogP contribution in [0.2, 0.25) is 0 Å². The second kappa shape index (κ2) is 13.4. The zero-order valence-electron chi connectivity index (χ0n) is 24.3. The van der Waals surface area contributed by atoms with Gasteiger partial charge in [-0.05, 0) is 61.7 Å². The molecule has 5 rings (SSSR count). The fraction of sp³-hybridized carbons (Fsp3) is 0.375. The van der Waals surface area contributed by atoms with Gasteiger partial charge in [-0.3, -0.25) is 14.5 Å². The minimum Gasteiger partial charge on any atom is -0.494 e. The van der Waals surface area contributed by atoms with Gasteiger partial charge < -0.3 is 19.5 Å². The molecule has 10 nitrogen and oxygen atoms in total. The molecule has 0 unspecified atom stereocenters. The number of methoxy groups -OCH3 is 2. The smallest absolute Gasteiger partial charge is 0.249 e. The average molecular weight is 572 g/mol. The first-order chi connectivity index (χ1) is 20.5. The summed E-state index contributed by atoms with van der Waals surface area (Å²) >= 11 is 0. The highest BCUT2D eigenvalue weighted by molar-refractivity contribution is 6.02. The number of ether oxygens (including phenoxy) is 3. The molecule has 0 bridgehead atoms. The van der Waals surface area contributed by atoms with Crippen LogP contribution in [-0.4, -0.2) is 53.7 Å². The highest BCUT2D eigenvalue weighted by Crippen LogP contribution is 2.36. The van der Waals surface area contributed by atoms with Crippen molar-refractivity contribution in [1.82, 2.24) is 20.3 Å². The summed E-state index contributed by atoms with van der Waals surface area (Å²) in [5.74, 6) is 1.05. The number of anilines is 1. The Morgan fingerprint density at radius 1 is 0.976 bits per heavy atom. The lowest BCUT2D eigenvalue weighted by atomic mass is 9.94. The summed E-state index contributed by atoms with van der Waals surface area (Å²) < 4.78 is 18.2. The summed E-state index contributed by atoms with van der Waals surface area (Å²) in [5.41, 5.74) is 2.54. The number of fused-ring (bicyclic) bond motifs is 1. The van der Waals surface area contributed by atoms with E-state index >= 15 is 0 Å². The van der Waals surface area contributed by atoms with E-state index in [1.54, 1.807) is 30.0 Å². The molecular formula is C32H37N5O5. The number of hydrogen-bond acceptors (Lipinski definition) is 7. The third kappa shape index (κ3) is 6.32. The summed E-state index contributed by atoms with van der Waals surface area (Å²) in [4.78, 5) is 30.1. The molecule has 42 heavy (non-hydrogen) atoms. The maximum atomic E-state index is 14.4. The van der Waals surface area contributed by atoms with E-state index in [1.807, 2.05) is 55.5 Å². The van der Waals surface area contributed by atoms with Crippen LogP contribution < -0.4 is 24.4 Å². The number of para-hydroxylation sites is 1. The number of amides is 2. The number of carbonyl (C=O) groups is 2. The number of hydrogen-bond donors (Lipinski definition) is 1. The number of benzene rings is 3. The van der Waals surface area contributed by atoms with Crippen molar-refractivity contribution < 1.29 is 23.8 Å². The summed E-state index contributed by atoms with van der Waals surface area (Å²) in [5, 5.41) is 11.7. The Morgan fingerprint density at radius 3 is 2.43 bits per heavy atom. The summed E-state index contributed by atoms with van der Waals surface area (Å²) in [6.07, 6.45) is 5.12. The molecule has 0 radical (unpaired) electrons. The third-order valence-electron chi connectivity index (χ3n) is 7.58. The van der Waals surface area contributed by atoms with Crippen molar-refractivity contribution in [2.24, 2.45) is 0 Å². The van der Waals surface area contributed by atoms with E-state index in [4.69, 9.17) is 14.2 Å². The van der Waals surface area contributed by atoms with Crippen LogP contribution in [0.1, 0.15) is 50.6 Å². The van der Waals surface area contributed by atoms with Gasteiger partial charge in [0.15, 0.2) is 11.5 Å². The van der Waals surface area contributed by atoms with Crippen LogP contribution in [0.15, 0.2) is 66.7 Å². The molecule has 3 aromatic carbocycles. The predicted octanol–water partition coefficient (Wildman–Crippen LogP) is 5.07. The molecule has 0 aliphatic heterocycles. The normalized spacial score (nSPS) is 14.3. The molecular weight excluding hydrogens is 534 g/mol. The van der Waals surface area contributed by atoms with Gasteiger partial charge in [0.05, 0.1) is 26.3 Å². The second-order valence-electron chi connectivity index (χ2n) is 10.3. The summed E-state index contributed by atoms with van der Waals surface area (Å²) in [7, 11) is 3.09. The van der Waals surface area contributed by atoms with Gasteiger partial charge >= 0.3 is 0 Å². The third-order valence-corrected chi connectivity index (χ3v) is 7.58. The van der Waals surface area contributed by atoms with E-state index < -0.39 is 6.04 Å².